The van der Waals surface area contributed by atoms with Gasteiger partial charge in [0.05, 0.1) is 11.0 Å². The fourth-order valence-corrected chi connectivity index (χ4v) is 3.83. The lowest BCUT2D eigenvalue weighted by molar-refractivity contribution is -0.122. The number of aliphatic hydroxyl groups is 1. The summed E-state index contributed by atoms with van der Waals surface area (Å²) in [4.78, 5) is 16.4. The molecule has 8 nitrogen and oxygen atoms in total. The SMILES string of the molecule is CC(C)(O)CNC(=O)Cn1nc(-c2nc(C3(c4ccc(F)cc4Cl)CC3)no2)cc1C(F)F. The maximum Gasteiger partial charge on any atom is 0.280 e. The highest BCUT2D eigenvalue weighted by Crippen LogP contribution is 2.54. The van der Waals surface area contributed by atoms with Crippen LogP contribution >= 0.6 is 11.6 Å². The summed E-state index contributed by atoms with van der Waals surface area (Å²) in [6.07, 6.45) is -1.58. The summed E-state index contributed by atoms with van der Waals surface area (Å²) in [6.45, 7) is 2.47. The minimum atomic E-state index is -2.90. The van der Waals surface area contributed by atoms with Crippen LogP contribution in [0.4, 0.5) is 13.2 Å². The molecular formula is C21H21ClF3N5O3. The smallest absolute Gasteiger partial charge is 0.280 e. The van der Waals surface area contributed by atoms with Crippen LogP contribution in [0.25, 0.3) is 11.6 Å². The molecule has 1 aromatic carbocycles. The fourth-order valence-electron chi connectivity index (χ4n) is 3.48. The third-order valence-corrected chi connectivity index (χ3v) is 5.63. The van der Waals surface area contributed by atoms with E-state index >= 15 is 0 Å². The van der Waals surface area contributed by atoms with Crippen molar-refractivity contribution < 1.29 is 27.6 Å². The molecule has 0 saturated heterocycles. The van der Waals surface area contributed by atoms with Gasteiger partial charge in [-0.1, -0.05) is 22.8 Å². The summed E-state index contributed by atoms with van der Waals surface area (Å²) in [7, 11) is 0. The van der Waals surface area contributed by atoms with Crippen molar-refractivity contribution in [3.63, 3.8) is 0 Å². The Hall–Kier alpha value is -2.92. The zero-order valence-electron chi connectivity index (χ0n) is 17.8. The van der Waals surface area contributed by atoms with Crippen LogP contribution < -0.4 is 5.32 Å². The van der Waals surface area contributed by atoms with Crippen LogP contribution in [-0.4, -0.2) is 43.1 Å². The van der Waals surface area contributed by atoms with E-state index in [1.54, 1.807) is 6.07 Å². The second-order valence-electron chi connectivity index (χ2n) is 8.63. The lowest BCUT2D eigenvalue weighted by atomic mass is 9.95. The Morgan fingerprint density at radius 1 is 1.36 bits per heavy atom. The number of rotatable bonds is 8. The first kappa shape index (κ1) is 23.2. The van der Waals surface area contributed by atoms with Gasteiger partial charge in [0.1, 0.15) is 18.1 Å². The molecule has 0 unspecified atom stereocenters. The summed E-state index contributed by atoms with van der Waals surface area (Å²) in [5.74, 6) is -0.859. The van der Waals surface area contributed by atoms with Crippen LogP contribution in [0.2, 0.25) is 5.02 Å². The number of aromatic nitrogens is 4. The Kier molecular flexibility index (Phi) is 5.95. The minimum Gasteiger partial charge on any atom is -0.389 e. The molecule has 2 N–H and O–H groups in total. The zero-order valence-corrected chi connectivity index (χ0v) is 18.5. The van der Waals surface area contributed by atoms with Gasteiger partial charge < -0.3 is 14.9 Å². The lowest BCUT2D eigenvalue weighted by Gasteiger charge is -2.17. The van der Waals surface area contributed by atoms with E-state index in [9.17, 15) is 23.1 Å². The van der Waals surface area contributed by atoms with Crippen LogP contribution in [0.1, 0.15) is 50.2 Å². The topological polar surface area (TPSA) is 106 Å². The van der Waals surface area contributed by atoms with Gasteiger partial charge in [-0.25, -0.2) is 13.2 Å². The minimum absolute atomic E-state index is 0.0136. The average molecular weight is 484 g/mol. The van der Waals surface area contributed by atoms with Gasteiger partial charge in [-0.15, -0.1) is 0 Å². The zero-order chi connectivity index (χ0) is 24.0. The second-order valence-corrected chi connectivity index (χ2v) is 9.04. The van der Waals surface area contributed by atoms with E-state index in [4.69, 9.17) is 16.1 Å². The number of carbonyl (C=O) groups excluding carboxylic acids is 1. The molecule has 176 valence electrons. The molecule has 2 heterocycles. The van der Waals surface area contributed by atoms with Gasteiger partial charge in [-0.05, 0) is 50.5 Å². The van der Waals surface area contributed by atoms with Crippen LogP contribution in [0, 0.1) is 5.82 Å². The lowest BCUT2D eigenvalue weighted by Crippen LogP contribution is -2.39. The first-order valence-corrected chi connectivity index (χ1v) is 10.5. The van der Waals surface area contributed by atoms with Crippen LogP contribution in [-0.2, 0) is 16.8 Å². The van der Waals surface area contributed by atoms with Crippen LogP contribution in [0.5, 0.6) is 0 Å². The number of benzene rings is 1. The van der Waals surface area contributed by atoms with Gasteiger partial charge in [-0.3, -0.25) is 9.48 Å². The number of hydrogen-bond acceptors (Lipinski definition) is 6. The van der Waals surface area contributed by atoms with E-state index in [-0.39, 0.29) is 23.2 Å². The molecule has 0 spiro atoms. The summed E-state index contributed by atoms with van der Waals surface area (Å²) in [6, 6.07) is 5.14. The summed E-state index contributed by atoms with van der Waals surface area (Å²) < 4.78 is 46.6. The average Bonchev–Trinajstić information content (AvgIpc) is 3.17. The Morgan fingerprint density at radius 2 is 2.09 bits per heavy atom. The molecule has 1 fully saturated rings. The molecule has 3 aromatic rings. The molecular weight excluding hydrogens is 463 g/mol. The molecule has 12 heteroatoms. The summed E-state index contributed by atoms with van der Waals surface area (Å²) in [5.41, 5.74) is -1.65. The number of carbonyl (C=O) groups is 1. The van der Waals surface area contributed by atoms with Gasteiger partial charge in [0, 0.05) is 11.6 Å². The van der Waals surface area contributed by atoms with Crippen molar-refractivity contribution in [3.8, 4) is 11.6 Å². The van der Waals surface area contributed by atoms with Crippen molar-refractivity contribution >= 4 is 17.5 Å². The highest BCUT2D eigenvalue weighted by molar-refractivity contribution is 6.31. The Labute approximate surface area is 191 Å². The largest absolute Gasteiger partial charge is 0.389 e. The molecule has 33 heavy (non-hydrogen) atoms. The second kappa shape index (κ2) is 8.45. The first-order chi connectivity index (χ1) is 15.5. The number of halogens is 4. The Morgan fingerprint density at radius 3 is 2.70 bits per heavy atom. The van der Waals surface area contributed by atoms with E-state index < -0.39 is 41.4 Å². The third-order valence-electron chi connectivity index (χ3n) is 5.32. The third kappa shape index (κ3) is 4.88. The van der Waals surface area contributed by atoms with Crippen molar-refractivity contribution in [2.24, 2.45) is 0 Å². The standard InChI is InChI=1S/C21H21ClF3N5O3/c1-20(2,32)10-26-16(31)9-30-15(17(24)25)8-14(28-30)18-27-19(29-33-18)21(5-6-21)12-4-3-11(23)7-13(12)22/h3-4,7-8,17,32H,5-6,9-10H2,1-2H3,(H,26,31). The van der Waals surface area contributed by atoms with Crippen molar-refractivity contribution in [2.75, 3.05) is 6.54 Å². The van der Waals surface area contributed by atoms with Gasteiger partial charge in [0.15, 0.2) is 11.5 Å². The number of nitrogens with one attached hydrogen (secondary N) is 1. The summed E-state index contributed by atoms with van der Waals surface area (Å²) in [5, 5.41) is 20.4. The molecule has 1 aliphatic carbocycles. The molecule has 4 rings (SSSR count). The van der Waals surface area contributed by atoms with Crippen LogP contribution in [0.15, 0.2) is 28.8 Å². The molecule has 0 aliphatic heterocycles. The van der Waals surface area contributed by atoms with Gasteiger partial charge in [0.2, 0.25) is 5.91 Å². The highest BCUT2D eigenvalue weighted by atomic mass is 35.5. The molecule has 1 aliphatic rings. The van der Waals surface area contributed by atoms with Crippen molar-refractivity contribution in [3.05, 3.63) is 52.2 Å². The van der Waals surface area contributed by atoms with Gasteiger partial charge in [0.25, 0.3) is 12.3 Å². The van der Waals surface area contributed by atoms with E-state index in [0.717, 1.165) is 10.7 Å². The summed E-state index contributed by atoms with van der Waals surface area (Å²) >= 11 is 6.21. The van der Waals surface area contributed by atoms with Crippen molar-refractivity contribution in [1.29, 1.82) is 0 Å². The predicted molar refractivity (Wildman–Crippen MR) is 111 cm³/mol. The van der Waals surface area contributed by atoms with E-state index in [1.165, 1.54) is 26.0 Å². The fraction of sp³-hybridized carbons (Fsp3) is 0.429. The molecule has 1 saturated carbocycles. The molecule has 1 amide bonds. The molecule has 0 radical (unpaired) electrons. The number of nitrogens with zero attached hydrogens (tertiary/aromatic N) is 4. The van der Waals surface area contributed by atoms with Gasteiger partial charge in [-0.2, -0.15) is 10.1 Å². The maximum atomic E-state index is 13.5. The Balaban J connectivity index is 1.58. The van der Waals surface area contributed by atoms with E-state index in [2.05, 4.69) is 20.6 Å². The predicted octanol–water partition coefficient (Wildman–Crippen LogP) is 3.63. The number of hydrogen-bond donors (Lipinski definition) is 2. The molecule has 2 aromatic heterocycles. The monoisotopic (exact) mass is 483 g/mol. The maximum absolute atomic E-state index is 13.5. The molecule has 0 bridgehead atoms. The Bertz CT molecular complexity index is 1180. The van der Waals surface area contributed by atoms with E-state index in [1.807, 2.05) is 0 Å². The van der Waals surface area contributed by atoms with E-state index in [0.29, 0.717) is 24.2 Å². The first-order valence-electron chi connectivity index (χ1n) is 10.1. The number of amides is 1. The van der Waals surface area contributed by atoms with Crippen molar-refractivity contribution in [2.45, 2.75) is 50.7 Å². The normalized spacial score (nSPS) is 15.2. The van der Waals surface area contributed by atoms with Crippen molar-refractivity contribution in [1.82, 2.24) is 25.2 Å². The van der Waals surface area contributed by atoms with Gasteiger partial charge >= 0.3 is 0 Å². The molecule has 0 atom stereocenters. The van der Waals surface area contributed by atoms with Crippen LogP contribution in [0.3, 0.4) is 0 Å². The highest BCUT2D eigenvalue weighted by Gasteiger charge is 2.51. The quantitative estimate of drug-likeness (QED) is 0.507. The number of alkyl halides is 2.